The largest absolute Gasteiger partial charge is 0.495 e. The third-order valence-electron chi connectivity index (χ3n) is 6.31. The second-order valence-corrected chi connectivity index (χ2v) is 9.02. The molecule has 4 rings (SSSR count). The molecular formula is C26H34FN9O3. The summed E-state index contributed by atoms with van der Waals surface area (Å²) in [4.78, 5) is 42.9. The van der Waals surface area contributed by atoms with Gasteiger partial charge in [0.2, 0.25) is 5.95 Å². The van der Waals surface area contributed by atoms with Gasteiger partial charge in [-0.1, -0.05) is 0 Å². The third-order valence-corrected chi connectivity index (χ3v) is 6.31. The lowest BCUT2D eigenvalue weighted by atomic mass is 10.2. The molecule has 1 aliphatic rings. The second-order valence-electron chi connectivity index (χ2n) is 9.02. The van der Waals surface area contributed by atoms with Crippen LogP contribution in [0, 0.1) is 5.82 Å². The molecule has 1 aliphatic heterocycles. The number of carbonyl (C=O) groups excluding carboxylic acids is 1. The first-order valence-corrected chi connectivity index (χ1v) is 13.0. The third kappa shape index (κ3) is 8.37. The standard InChI is InChI=1S/C26H34FN9O3/c1-39-22-5-4-19(27)18-21(22)36-16-14-35(15-17-36)13-3-10-30-25-31-11-6-20(33-25)24(37)29-9-2-8-28-23-7-12-32-26(38)34-23/h4-7,11-12,18H,2-3,8-10,13-17H2,1H3,(H,29,37)(H,30,31,33)(H2,28,32,34,38). The Hall–Kier alpha value is -4.26. The number of H-pyrrole nitrogens is 1. The van der Waals surface area contributed by atoms with Gasteiger partial charge in [0, 0.05) is 64.3 Å². The van der Waals surface area contributed by atoms with Crippen molar-refractivity contribution in [3.63, 3.8) is 0 Å². The predicted octanol–water partition coefficient (Wildman–Crippen LogP) is 1.56. The molecule has 0 aliphatic carbocycles. The molecule has 208 valence electrons. The highest BCUT2D eigenvalue weighted by Gasteiger charge is 2.20. The number of hydrogen-bond acceptors (Lipinski definition) is 10. The number of carbonyl (C=O) groups is 1. The van der Waals surface area contributed by atoms with Crippen molar-refractivity contribution in [2.75, 3.05) is 75.0 Å². The molecule has 1 fully saturated rings. The summed E-state index contributed by atoms with van der Waals surface area (Å²) in [6, 6.07) is 7.85. The van der Waals surface area contributed by atoms with Crippen LogP contribution in [0.25, 0.3) is 0 Å². The van der Waals surface area contributed by atoms with Crippen LogP contribution >= 0.6 is 0 Å². The van der Waals surface area contributed by atoms with E-state index in [0.29, 0.717) is 49.3 Å². The number of nitrogens with one attached hydrogen (secondary N) is 4. The molecule has 0 spiro atoms. The Labute approximate surface area is 226 Å². The number of amides is 1. The maximum Gasteiger partial charge on any atom is 0.346 e. The Morgan fingerprint density at radius 2 is 1.82 bits per heavy atom. The Morgan fingerprint density at radius 1 is 1.03 bits per heavy atom. The van der Waals surface area contributed by atoms with Gasteiger partial charge in [0.05, 0.1) is 12.8 Å². The highest BCUT2D eigenvalue weighted by molar-refractivity contribution is 5.92. The summed E-state index contributed by atoms with van der Waals surface area (Å²) in [6.45, 7) is 5.95. The molecule has 1 saturated heterocycles. The number of aromatic nitrogens is 4. The molecule has 3 heterocycles. The van der Waals surface area contributed by atoms with Crippen LogP contribution in [0.15, 0.2) is 47.5 Å². The number of halogens is 1. The minimum absolute atomic E-state index is 0.267. The van der Waals surface area contributed by atoms with E-state index in [2.05, 4.69) is 45.7 Å². The highest BCUT2D eigenvalue weighted by atomic mass is 19.1. The molecule has 3 aromatic rings. The van der Waals surface area contributed by atoms with E-state index in [1.54, 1.807) is 31.5 Å². The molecule has 1 amide bonds. The number of hydrogen-bond donors (Lipinski definition) is 4. The molecule has 39 heavy (non-hydrogen) atoms. The average Bonchev–Trinajstić information content (AvgIpc) is 2.95. The monoisotopic (exact) mass is 539 g/mol. The lowest BCUT2D eigenvalue weighted by Crippen LogP contribution is -2.47. The zero-order valence-corrected chi connectivity index (χ0v) is 22.0. The van der Waals surface area contributed by atoms with Crippen LogP contribution < -0.4 is 31.3 Å². The van der Waals surface area contributed by atoms with Crippen molar-refractivity contribution >= 4 is 23.4 Å². The van der Waals surface area contributed by atoms with E-state index in [0.717, 1.165) is 44.8 Å². The predicted molar refractivity (Wildman–Crippen MR) is 147 cm³/mol. The van der Waals surface area contributed by atoms with Gasteiger partial charge in [-0.3, -0.25) is 14.7 Å². The number of aromatic amines is 1. The van der Waals surface area contributed by atoms with Crippen LogP contribution in [0.2, 0.25) is 0 Å². The Morgan fingerprint density at radius 3 is 2.62 bits per heavy atom. The molecule has 0 atom stereocenters. The molecule has 1 aromatic carbocycles. The first-order valence-electron chi connectivity index (χ1n) is 13.0. The fraction of sp³-hybridized carbons (Fsp3) is 0.423. The first-order chi connectivity index (χ1) is 19.0. The number of ether oxygens (including phenoxy) is 1. The number of methoxy groups -OCH3 is 1. The van der Waals surface area contributed by atoms with E-state index < -0.39 is 5.69 Å². The summed E-state index contributed by atoms with van der Waals surface area (Å²) < 4.78 is 19.1. The van der Waals surface area contributed by atoms with Gasteiger partial charge >= 0.3 is 5.69 Å². The van der Waals surface area contributed by atoms with E-state index in [4.69, 9.17) is 4.74 Å². The normalized spacial score (nSPS) is 13.6. The second kappa shape index (κ2) is 14.0. The summed E-state index contributed by atoms with van der Waals surface area (Å²) >= 11 is 0. The molecule has 13 heteroatoms. The van der Waals surface area contributed by atoms with Gasteiger partial charge in [-0.05, 0) is 43.7 Å². The lowest BCUT2D eigenvalue weighted by molar-refractivity contribution is 0.0948. The smallest absolute Gasteiger partial charge is 0.346 e. The quantitative estimate of drug-likeness (QED) is 0.237. The van der Waals surface area contributed by atoms with E-state index >= 15 is 0 Å². The SMILES string of the molecule is COc1ccc(F)cc1N1CCN(CCCNc2nccc(C(=O)NCCCNc3ccnc(=O)[nH]3)n2)CC1. The Kier molecular flexibility index (Phi) is 10.0. The minimum Gasteiger partial charge on any atom is -0.495 e. The Bertz CT molecular complexity index is 1280. The fourth-order valence-electron chi connectivity index (χ4n) is 4.27. The van der Waals surface area contributed by atoms with E-state index in [1.165, 1.54) is 18.3 Å². The summed E-state index contributed by atoms with van der Waals surface area (Å²) in [5.41, 5.74) is 0.672. The van der Waals surface area contributed by atoms with E-state index in [-0.39, 0.29) is 11.7 Å². The Balaban J connectivity index is 1.12. The molecule has 12 nitrogen and oxygen atoms in total. The van der Waals surface area contributed by atoms with Gasteiger partial charge in [-0.15, -0.1) is 0 Å². The van der Waals surface area contributed by atoms with Crippen molar-refractivity contribution < 1.29 is 13.9 Å². The van der Waals surface area contributed by atoms with Crippen LogP contribution in [-0.2, 0) is 0 Å². The van der Waals surface area contributed by atoms with Crippen molar-refractivity contribution in [3.05, 3.63) is 64.7 Å². The van der Waals surface area contributed by atoms with Gasteiger partial charge in [-0.2, -0.15) is 0 Å². The van der Waals surface area contributed by atoms with Crippen LogP contribution in [0.1, 0.15) is 23.3 Å². The number of benzene rings is 1. The fourth-order valence-corrected chi connectivity index (χ4v) is 4.27. The molecule has 0 radical (unpaired) electrons. The van der Waals surface area contributed by atoms with Gasteiger partial charge in [0.1, 0.15) is 23.1 Å². The molecule has 2 aromatic heterocycles. The number of anilines is 3. The average molecular weight is 540 g/mol. The number of piperazine rings is 1. The van der Waals surface area contributed by atoms with Crippen molar-refractivity contribution in [1.82, 2.24) is 30.2 Å². The van der Waals surface area contributed by atoms with Gasteiger partial charge in [0.15, 0.2) is 0 Å². The molecular weight excluding hydrogens is 505 g/mol. The van der Waals surface area contributed by atoms with Crippen molar-refractivity contribution in [2.24, 2.45) is 0 Å². The maximum absolute atomic E-state index is 13.7. The van der Waals surface area contributed by atoms with Gasteiger partial charge < -0.3 is 25.6 Å². The molecule has 0 saturated carbocycles. The van der Waals surface area contributed by atoms with Crippen LogP contribution in [0.3, 0.4) is 0 Å². The topological polar surface area (TPSA) is 140 Å². The summed E-state index contributed by atoms with van der Waals surface area (Å²) in [7, 11) is 1.60. The molecule has 4 N–H and O–H groups in total. The number of nitrogens with zero attached hydrogens (tertiary/aromatic N) is 5. The van der Waals surface area contributed by atoms with Crippen LogP contribution in [0.4, 0.5) is 21.8 Å². The summed E-state index contributed by atoms with van der Waals surface area (Å²) in [5.74, 6) is 1.14. The maximum atomic E-state index is 13.7. The highest BCUT2D eigenvalue weighted by Crippen LogP contribution is 2.29. The van der Waals surface area contributed by atoms with Crippen LogP contribution in [-0.4, -0.2) is 90.2 Å². The molecule has 0 bridgehead atoms. The number of rotatable bonds is 13. The van der Waals surface area contributed by atoms with E-state index in [9.17, 15) is 14.0 Å². The van der Waals surface area contributed by atoms with Gasteiger partial charge in [-0.25, -0.2) is 24.1 Å². The van der Waals surface area contributed by atoms with Crippen molar-refractivity contribution in [3.8, 4) is 5.75 Å². The summed E-state index contributed by atoms with van der Waals surface area (Å²) in [6.07, 6.45) is 4.54. The first kappa shape index (κ1) is 27.8. The van der Waals surface area contributed by atoms with E-state index in [1.807, 2.05) is 0 Å². The van der Waals surface area contributed by atoms with Crippen LogP contribution in [0.5, 0.6) is 5.75 Å². The summed E-state index contributed by atoms with van der Waals surface area (Å²) in [5, 5.41) is 9.10. The molecule has 0 unspecified atom stereocenters. The van der Waals surface area contributed by atoms with Gasteiger partial charge in [0.25, 0.3) is 5.91 Å². The zero-order valence-electron chi connectivity index (χ0n) is 22.0. The zero-order chi connectivity index (χ0) is 27.5. The van der Waals surface area contributed by atoms with Crippen molar-refractivity contribution in [1.29, 1.82) is 0 Å². The minimum atomic E-state index is -0.414. The lowest BCUT2D eigenvalue weighted by Gasteiger charge is -2.36. The van der Waals surface area contributed by atoms with Crippen molar-refractivity contribution in [2.45, 2.75) is 12.8 Å².